The van der Waals surface area contributed by atoms with Crippen LogP contribution in [0.1, 0.15) is 6.92 Å². The molecule has 0 aliphatic rings. The summed E-state index contributed by atoms with van der Waals surface area (Å²) in [4.78, 5) is 17.0. The van der Waals surface area contributed by atoms with Crippen molar-refractivity contribution in [2.24, 2.45) is 0 Å². The minimum atomic E-state index is -0.501. The molecule has 4 N–H and O–H groups in total. The second kappa shape index (κ2) is 3.48. The SMILES string of the molecule is CCSc1nc(O)c(N)c(=O)[nH]1. The summed E-state index contributed by atoms with van der Waals surface area (Å²) in [6, 6.07) is 0. The van der Waals surface area contributed by atoms with Gasteiger partial charge in [0.25, 0.3) is 5.56 Å². The molecule has 66 valence electrons. The Morgan fingerprint density at radius 1 is 1.75 bits per heavy atom. The molecule has 1 heterocycles. The summed E-state index contributed by atoms with van der Waals surface area (Å²) in [7, 11) is 0. The lowest BCUT2D eigenvalue weighted by atomic mass is 10.5. The molecule has 0 bridgehead atoms. The molecule has 0 fully saturated rings. The van der Waals surface area contributed by atoms with Crippen molar-refractivity contribution in [3.05, 3.63) is 10.4 Å². The van der Waals surface area contributed by atoms with Crippen molar-refractivity contribution in [2.75, 3.05) is 11.5 Å². The van der Waals surface area contributed by atoms with Crippen molar-refractivity contribution < 1.29 is 5.11 Å². The smallest absolute Gasteiger partial charge is 0.278 e. The fourth-order valence-electron chi connectivity index (χ4n) is 0.655. The Morgan fingerprint density at radius 3 is 2.92 bits per heavy atom. The summed E-state index contributed by atoms with van der Waals surface area (Å²) in [5, 5.41) is 9.42. The first kappa shape index (κ1) is 8.92. The van der Waals surface area contributed by atoms with Crippen LogP contribution in [0.5, 0.6) is 5.88 Å². The van der Waals surface area contributed by atoms with Crippen LogP contribution in [-0.2, 0) is 0 Å². The first-order valence-corrected chi connectivity index (χ1v) is 4.35. The third-order valence-electron chi connectivity index (χ3n) is 1.19. The molecule has 0 radical (unpaired) electrons. The summed E-state index contributed by atoms with van der Waals surface area (Å²) in [6.07, 6.45) is 0. The largest absolute Gasteiger partial charge is 0.492 e. The van der Waals surface area contributed by atoms with Crippen molar-refractivity contribution in [1.82, 2.24) is 9.97 Å². The molecule has 1 aromatic heterocycles. The molecule has 1 rings (SSSR count). The van der Waals surface area contributed by atoms with E-state index in [-0.39, 0.29) is 5.69 Å². The van der Waals surface area contributed by atoms with Gasteiger partial charge in [-0.05, 0) is 5.75 Å². The number of rotatable bonds is 2. The minimum absolute atomic E-state index is 0.240. The molecular weight excluding hydrogens is 178 g/mol. The second-order valence-electron chi connectivity index (χ2n) is 2.04. The molecule has 12 heavy (non-hydrogen) atoms. The fourth-order valence-corrected chi connectivity index (χ4v) is 1.24. The number of aromatic nitrogens is 2. The Morgan fingerprint density at radius 2 is 2.42 bits per heavy atom. The van der Waals surface area contributed by atoms with Crippen LogP contribution in [0.15, 0.2) is 9.95 Å². The van der Waals surface area contributed by atoms with Crippen molar-refractivity contribution in [2.45, 2.75) is 12.1 Å². The molecule has 0 spiro atoms. The van der Waals surface area contributed by atoms with Crippen LogP contribution in [0.4, 0.5) is 5.69 Å². The number of H-pyrrole nitrogens is 1. The number of aromatic amines is 1. The van der Waals surface area contributed by atoms with Crippen LogP contribution in [0.2, 0.25) is 0 Å². The van der Waals surface area contributed by atoms with Gasteiger partial charge in [0.1, 0.15) is 0 Å². The van der Waals surface area contributed by atoms with E-state index in [9.17, 15) is 4.79 Å². The van der Waals surface area contributed by atoms with Gasteiger partial charge in [-0.25, -0.2) is 0 Å². The highest BCUT2D eigenvalue weighted by Crippen LogP contribution is 2.16. The third-order valence-corrected chi connectivity index (χ3v) is 1.95. The van der Waals surface area contributed by atoms with E-state index in [4.69, 9.17) is 10.8 Å². The van der Waals surface area contributed by atoms with Gasteiger partial charge in [-0.15, -0.1) is 0 Å². The predicted octanol–water partition coefficient (Wildman–Crippen LogP) is 0.170. The van der Waals surface area contributed by atoms with E-state index < -0.39 is 11.4 Å². The maximum atomic E-state index is 10.9. The Balaban J connectivity index is 3.13. The number of thioether (sulfide) groups is 1. The molecule has 0 aliphatic heterocycles. The van der Waals surface area contributed by atoms with Crippen LogP contribution < -0.4 is 11.3 Å². The molecule has 0 saturated heterocycles. The van der Waals surface area contributed by atoms with Crippen LogP contribution in [0.25, 0.3) is 0 Å². The number of nitrogen functional groups attached to an aromatic ring is 1. The topological polar surface area (TPSA) is 92.0 Å². The molecule has 0 saturated carbocycles. The summed E-state index contributed by atoms with van der Waals surface area (Å²) >= 11 is 1.33. The lowest BCUT2D eigenvalue weighted by molar-refractivity contribution is 0.447. The van der Waals surface area contributed by atoms with Crippen molar-refractivity contribution in [1.29, 1.82) is 0 Å². The van der Waals surface area contributed by atoms with Gasteiger partial charge in [-0.2, -0.15) is 4.98 Å². The van der Waals surface area contributed by atoms with Crippen molar-refractivity contribution in [3.63, 3.8) is 0 Å². The average Bonchev–Trinajstić information content (AvgIpc) is 2.01. The zero-order valence-corrected chi connectivity index (χ0v) is 7.31. The average molecular weight is 187 g/mol. The Bertz CT molecular complexity index is 336. The third kappa shape index (κ3) is 1.70. The number of nitrogens with one attached hydrogen (secondary N) is 1. The number of nitrogens with two attached hydrogens (primary N) is 1. The highest BCUT2D eigenvalue weighted by atomic mass is 32.2. The van der Waals surface area contributed by atoms with E-state index in [1.807, 2.05) is 6.92 Å². The monoisotopic (exact) mass is 187 g/mol. The van der Waals surface area contributed by atoms with Gasteiger partial charge in [0.05, 0.1) is 0 Å². The molecular formula is C6H9N3O2S. The van der Waals surface area contributed by atoms with E-state index in [0.29, 0.717) is 5.16 Å². The maximum absolute atomic E-state index is 10.9. The molecule has 0 atom stereocenters. The normalized spacial score (nSPS) is 10.1. The van der Waals surface area contributed by atoms with E-state index in [0.717, 1.165) is 5.75 Å². The summed E-state index contributed by atoms with van der Waals surface area (Å²) in [5.74, 6) is 0.362. The standard InChI is InChI=1S/C6H9N3O2S/c1-2-12-6-8-4(10)3(7)5(11)9-6/h2,7H2,1H3,(H2,8,9,10,11). The predicted molar refractivity (Wildman–Crippen MR) is 47.3 cm³/mol. The minimum Gasteiger partial charge on any atom is -0.492 e. The van der Waals surface area contributed by atoms with Gasteiger partial charge in [0, 0.05) is 0 Å². The van der Waals surface area contributed by atoms with E-state index in [1.54, 1.807) is 0 Å². The number of nitrogens with zero attached hydrogens (tertiary/aromatic N) is 1. The van der Waals surface area contributed by atoms with E-state index in [1.165, 1.54) is 11.8 Å². The first-order chi connectivity index (χ1) is 5.65. The molecule has 5 nitrogen and oxygen atoms in total. The zero-order valence-electron chi connectivity index (χ0n) is 6.50. The van der Waals surface area contributed by atoms with Gasteiger partial charge in [-0.1, -0.05) is 18.7 Å². The van der Waals surface area contributed by atoms with E-state index >= 15 is 0 Å². The summed E-state index contributed by atoms with van der Waals surface area (Å²) in [5.41, 5.74) is 4.44. The highest BCUT2D eigenvalue weighted by molar-refractivity contribution is 7.99. The van der Waals surface area contributed by atoms with Gasteiger partial charge in [0.15, 0.2) is 10.8 Å². The Kier molecular flexibility index (Phi) is 2.59. The zero-order chi connectivity index (χ0) is 9.14. The highest BCUT2D eigenvalue weighted by Gasteiger charge is 2.05. The molecule has 6 heteroatoms. The molecule has 0 amide bonds. The number of hydrogen-bond acceptors (Lipinski definition) is 5. The number of hydrogen-bond donors (Lipinski definition) is 3. The Hall–Kier alpha value is -1.17. The number of anilines is 1. The van der Waals surface area contributed by atoms with Gasteiger partial charge in [0.2, 0.25) is 5.88 Å². The molecule has 0 aromatic carbocycles. The van der Waals surface area contributed by atoms with Crippen molar-refractivity contribution in [3.8, 4) is 5.88 Å². The van der Waals surface area contributed by atoms with Crippen LogP contribution in [0, 0.1) is 0 Å². The van der Waals surface area contributed by atoms with Gasteiger partial charge < -0.3 is 10.8 Å². The summed E-state index contributed by atoms with van der Waals surface area (Å²) < 4.78 is 0. The second-order valence-corrected chi connectivity index (χ2v) is 3.29. The lowest BCUT2D eigenvalue weighted by Crippen LogP contribution is -2.13. The fraction of sp³-hybridized carbons (Fsp3) is 0.333. The van der Waals surface area contributed by atoms with Gasteiger partial charge in [-0.3, -0.25) is 9.78 Å². The Labute approximate surface area is 73.0 Å². The van der Waals surface area contributed by atoms with Crippen LogP contribution >= 0.6 is 11.8 Å². The maximum Gasteiger partial charge on any atom is 0.278 e. The quantitative estimate of drug-likeness (QED) is 0.453. The van der Waals surface area contributed by atoms with Crippen LogP contribution in [-0.4, -0.2) is 20.8 Å². The molecule has 0 aliphatic carbocycles. The van der Waals surface area contributed by atoms with Crippen LogP contribution in [0.3, 0.4) is 0 Å². The van der Waals surface area contributed by atoms with Crippen molar-refractivity contribution >= 4 is 17.4 Å². The summed E-state index contributed by atoms with van der Waals surface area (Å²) in [6.45, 7) is 1.91. The lowest BCUT2D eigenvalue weighted by Gasteiger charge is -1.99. The van der Waals surface area contributed by atoms with Gasteiger partial charge >= 0.3 is 0 Å². The molecule has 0 unspecified atom stereocenters. The molecule has 1 aromatic rings. The first-order valence-electron chi connectivity index (χ1n) is 3.36. The van der Waals surface area contributed by atoms with E-state index in [2.05, 4.69) is 9.97 Å². The number of aromatic hydroxyl groups is 1.